The van der Waals surface area contributed by atoms with Gasteiger partial charge < -0.3 is 10.2 Å². The SMILES string of the molecule is CC(=O)N1CCC(C(=O)NCCc2cncs2)CC1. The van der Waals surface area contributed by atoms with Crippen molar-refractivity contribution in [2.45, 2.75) is 26.2 Å². The molecule has 0 unspecified atom stereocenters. The Bertz CT molecular complexity index is 425. The Morgan fingerprint density at radius 1 is 1.47 bits per heavy atom. The molecule has 1 N–H and O–H groups in total. The fourth-order valence-electron chi connectivity index (χ4n) is 2.28. The third kappa shape index (κ3) is 4.02. The molecular weight excluding hydrogens is 262 g/mol. The lowest BCUT2D eigenvalue weighted by Crippen LogP contribution is -2.42. The number of rotatable bonds is 4. The second-order valence-electron chi connectivity index (χ2n) is 4.79. The molecule has 2 amide bonds. The van der Waals surface area contributed by atoms with Crippen LogP contribution in [0.4, 0.5) is 0 Å². The lowest BCUT2D eigenvalue weighted by Gasteiger charge is -2.30. The second kappa shape index (κ2) is 6.65. The fraction of sp³-hybridized carbons (Fsp3) is 0.615. The van der Waals surface area contributed by atoms with E-state index in [1.54, 1.807) is 28.7 Å². The first-order chi connectivity index (χ1) is 9.16. The number of carbonyl (C=O) groups is 2. The number of hydrogen-bond acceptors (Lipinski definition) is 4. The van der Waals surface area contributed by atoms with Gasteiger partial charge in [-0.1, -0.05) is 0 Å². The van der Waals surface area contributed by atoms with Crippen LogP contribution in [0, 0.1) is 5.92 Å². The summed E-state index contributed by atoms with van der Waals surface area (Å²) in [5.74, 6) is 0.272. The van der Waals surface area contributed by atoms with E-state index in [1.165, 1.54) is 4.88 Å². The summed E-state index contributed by atoms with van der Waals surface area (Å²) in [6.45, 7) is 3.63. The van der Waals surface area contributed by atoms with E-state index in [0.29, 0.717) is 19.6 Å². The number of piperidine rings is 1. The van der Waals surface area contributed by atoms with Crippen LogP contribution < -0.4 is 5.32 Å². The van der Waals surface area contributed by atoms with Crippen molar-refractivity contribution >= 4 is 23.2 Å². The molecule has 0 aromatic carbocycles. The van der Waals surface area contributed by atoms with Crippen molar-refractivity contribution in [3.63, 3.8) is 0 Å². The Kier molecular flexibility index (Phi) is 4.90. The molecule has 2 heterocycles. The number of hydrogen-bond donors (Lipinski definition) is 1. The van der Waals surface area contributed by atoms with Gasteiger partial charge in [0.05, 0.1) is 5.51 Å². The average molecular weight is 281 g/mol. The van der Waals surface area contributed by atoms with Crippen LogP contribution in [0.15, 0.2) is 11.7 Å². The maximum absolute atomic E-state index is 12.0. The summed E-state index contributed by atoms with van der Waals surface area (Å²) in [5, 5.41) is 2.97. The minimum Gasteiger partial charge on any atom is -0.355 e. The number of carbonyl (C=O) groups excluding carboxylic acids is 2. The standard InChI is InChI=1S/C13H19N3O2S/c1-10(17)16-6-3-11(4-7-16)13(18)15-5-2-12-8-14-9-19-12/h8-9,11H,2-7H2,1H3,(H,15,18). The van der Waals surface area contributed by atoms with E-state index in [2.05, 4.69) is 10.3 Å². The molecule has 0 saturated carbocycles. The van der Waals surface area contributed by atoms with Crippen molar-refractivity contribution in [1.82, 2.24) is 15.2 Å². The Labute approximate surface area is 117 Å². The van der Waals surface area contributed by atoms with Gasteiger partial charge in [0.2, 0.25) is 11.8 Å². The van der Waals surface area contributed by atoms with Gasteiger partial charge >= 0.3 is 0 Å². The highest BCUT2D eigenvalue weighted by molar-refractivity contribution is 7.09. The summed E-state index contributed by atoms with van der Waals surface area (Å²) in [7, 11) is 0. The molecule has 6 heteroatoms. The van der Waals surface area contributed by atoms with Crippen LogP contribution in [0.25, 0.3) is 0 Å². The molecule has 1 saturated heterocycles. The number of thiazole rings is 1. The Morgan fingerprint density at radius 2 is 2.21 bits per heavy atom. The maximum Gasteiger partial charge on any atom is 0.223 e. The smallest absolute Gasteiger partial charge is 0.223 e. The Morgan fingerprint density at radius 3 is 2.79 bits per heavy atom. The zero-order chi connectivity index (χ0) is 13.7. The maximum atomic E-state index is 12.0. The molecule has 1 aromatic heterocycles. The van der Waals surface area contributed by atoms with Crippen LogP contribution in [0.5, 0.6) is 0 Å². The van der Waals surface area contributed by atoms with Crippen molar-refractivity contribution in [3.8, 4) is 0 Å². The monoisotopic (exact) mass is 281 g/mol. The van der Waals surface area contributed by atoms with Gasteiger partial charge in [0.1, 0.15) is 0 Å². The normalized spacial score (nSPS) is 16.4. The van der Waals surface area contributed by atoms with Crippen LogP contribution in [0.3, 0.4) is 0 Å². The first-order valence-electron chi connectivity index (χ1n) is 6.57. The molecule has 0 atom stereocenters. The molecule has 19 heavy (non-hydrogen) atoms. The van der Waals surface area contributed by atoms with Crippen molar-refractivity contribution in [2.24, 2.45) is 5.92 Å². The van der Waals surface area contributed by atoms with Crippen LogP contribution in [-0.2, 0) is 16.0 Å². The number of nitrogens with zero attached hydrogens (tertiary/aromatic N) is 2. The highest BCUT2D eigenvalue weighted by Crippen LogP contribution is 2.17. The molecule has 0 aliphatic carbocycles. The fourth-order valence-corrected chi connectivity index (χ4v) is 2.87. The quantitative estimate of drug-likeness (QED) is 0.897. The predicted octanol–water partition coefficient (Wildman–Crippen LogP) is 1.06. The van der Waals surface area contributed by atoms with Crippen molar-refractivity contribution < 1.29 is 9.59 Å². The Balaban J connectivity index is 1.68. The number of likely N-dealkylation sites (tertiary alicyclic amines) is 1. The molecule has 1 fully saturated rings. The van der Waals surface area contributed by atoms with E-state index in [1.807, 2.05) is 6.20 Å². The lowest BCUT2D eigenvalue weighted by atomic mass is 9.96. The van der Waals surface area contributed by atoms with E-state index in [0.717, 1.165) is 19.3 Å². The van der Waals surface area contributed by atoms with Gasteiger partial charge in [-0.3, -0.25) is 14.6 Å². The van der Waals surface area contributed by atoms with Gasteiger partial charge in [-0.05, 0) is 12.8 Å². The van der Waals surface area contributed by atoms with Gasteiger partial charge in [0, 0.05) is 50.0 Å². The topological polar surface area (TPSA) is 62.3 Å². The highest BCUT2D eigenvalue weighted by atomic mass is 32.1. The molecule has 0 bridgehead atoms. The lowest BCUT2D eigenvalue weighted by molar-refractivity contribution is -0.133. The van der Waals surface area contributed by atoms with Crippen LogP contribution in [-0.4, -0.2) is 41.3 Å². The van der Waals surface area contributed by atoms with Gasteiger partial charge in [-0.25, -0.2) is 0 Å². The van der Waals surface area contributed by atoms with E-state index in [4.69, 9.17) is 0 Å². The van der Waals surface area contributed by atoms with Crippen molar-refractivity contribution in [1.29, 1.82) is 0 Å². The van der Waals surface area contributed by atoms with Crippen LogP contribution >= 0.6 is 11.3 Å². The van der Waals surface area contributed by atoms with Gasteiger partial charge in [0.15, 0.2) is 0 Å². The molecule has 1 aliphatic rings. The van der Waals surface area contributed by atoms with Crippen molar-refractivity contribution in [2.75, 3.05) is 19.6 Å². The molecule has 0 radical (unpaired) electrons. The van der Waals surface area contributed by atoms with Crippen LogP contribution in [0.1, 0.15) is 24.6 Å². The molecule has 0 spiro atoms. The second-order valence-corrected chi connectivity index (χ2v) is 5.76. The number of amides is 2. The molecule has 5 nitrogen and oxygen atoms in total. The minimum absolute atomic E-state index is 0.0528. The average Bonchev–Trinajstić information content (AvgIpc) is 2.92. The first kappa shape index (κ1) is 14.0. The van der Waals surface area contributed by atoms with E-state index >= 15 is 0 Å². The predicted molar refractivity (Wildman–Crippen MR) is 73.8 cm³/mol. The summed E-state index contributed by atoms with van der Waals surface area (Å²) in [4.78, 5) is 30.2. The first-order valence-corrected chi connectivity index (χ1v) is 7.45. The highest BCUT2D eigenvalue weighted by Gasteiger charge is 2.25. The summed E-state index contributed by atoms with van der Waals surface area (Å²) in [6, 6.07) is 0. The zero-order valence-corrected chi connectivity index (χ0v) is 11.9. The summed E-state index contributed by atoms with van der Waals surface area (Å²) < 4.78 is 0. The van der Waals surface area contributed by atoms with E-state index in [-0.39, 0.29) is 17.7 Å². The molecular formula is C13H19N3O2S. The molecule has 2 rings (SSSR count). The van der Waals surface area contributed by atoms with Crippen molar-refractivity contribution in [3.05, 3.63) is 16.6 Å². The zero-order valence-electron chi connectivity index (χ0n) is 11.1. The summed E-state index contributed by atoms with van der Waals surface area (Å²) in [5.41, 5.74) is 1.80. The van der Waals surface area contributed by atoms with Gasteiger partial charge in [-0.15, -0.1) is 11.3 Å². The third-order valence-electron chi connectivity index (χ3n) is 3.47. The minimum atomic E-state index is 0.0528. The van der Waals surface area contributed by atoms with Crippen LogP contribution in [0.2, 0.25) is 0 Å². The Hall–Kier alpha value is -1.43. The molecule has 104 valence electrons. The van der Waals surface area contributed by atoms with Gasteiger partial charge in [0.25, 0.3) is 0 Å². The summed E-state index contributed by atoms with van der Waals surface area (Å²) in [6.07, 6.45) is 4.21. The number of aromatic nitrogens is 1. The van der Waals surface area contributed by atoms with Gasteiger partial charge in [-0.2, -0.15) is 0 Å². The van der Waals surface area contributed by atoms with E-state index < -0.39 is 0 Å². The largest absolute Gasteiger partial charge is 0.355 e. The summed E-state index contributed by atoms with van der Waals surface area (Å²) >= 11 is 1.61. The molecule has 1 aromatic rings. The molecule has 1 aliphatic heterocycles. The number of nitrogens with one attached hydrogen (secondary N) is 1. The van der Waals surface area contributed by atoms with E-state index in [9.17, 15) is 9.59 Å². The third-order valence-corrected chi connectivity index (χ3v) is 4.30.